The van der Waals surface area contributed by atoms with Gasteiger partial charge in [-0.2, -0.15) is 0 Å². The molecule has 0 spiro atoms. The average Bonchev–Trinajstić information content (AvgIpc) is 2.45. The number of carbonyl (C=O) groups is 3. The van der Waals surface area contributed by atoms with Crippen molar-refractivity contribution in [1.29, 1.82) is 0 Å². The third-order valence-electron chi connectivity index (χ3n) is 2.86. The van der Waals surface area contributed by atoms with Gasteiger partial charge in [-0.05, 0) is 39.0 Å². The summed E-state index contributed by atoms with van der Waals surface area (Å²) in [6.07, 6.45) is 3.68. The standard InChI is InChI=1S/C15H18O6/c1-4-9(2)15(19)21-13-7-8-14(18)20-12(13)6-5-11(17)10(3)16/h4-8,10,12-13,16H,1-3H3/b6-5+,9-4+/t10-,12-,13-/m0/s1. The van der Waals surface area contributed by atoms with Gasteiger partial charge >= 0.3 is 11.9 Å². The number of esters is 2. The summed E-state index contributed by atoms with van der Waals surface area (Å²) in [6.45, 7) is 4.63. The van der Waals surface area contributed by atoms with Crippen molar-refractivity contribution in [1.82, 2.24) is 0 Å². The van der Waals surface area contributed by atoms with E-state index in [2.05, 4.69) is 0 Å². The maximum absolute atomic E-state index is 11.7. The van der Waals surface area contributed by atoms with Crippen LogP contribution in [-0.4, -0.2) is 41.1 Å². The van der Waals surface area contributed by atoms with E-state index in [0.717, 1.165) is 12.2 Å². The summed E-state index contributed by atoms with van der Waals surface area (Å²) < 4.78 is 10.2. The van der Waals surface area contributed by atoms with E-state index in [1.807, 2.05) is 0 Å². The lowest BCUT2D eigenvalue weighted by Crippen LogP contribution is -2.35. The SMILES string of the molecule is C/C=C(\C)C(=O)O[C@H]1C=CC(=O)O[C@H]1/C=C/C(=O)[C@H](C)O. The summed E-state index contributed by atoms with van der Waals surface area (Å²) in [5.74, 6) is -1.66. The number of hydrogen-bond acceptors (Lipinski definition) is 6. The molecule has 1 rings (SSSR count). The van der Waals surface area contributed by atoms with Crippen molar-refractivity contribution in [2.45, 2.75) is 39.1 Å². The molecule has 3 atom stereocenters. The summed E-state index contributed by atoms with van der Waals surface area (Å²) in [4.78, 5) is 34.3. The molecule has 0 aliphatic carbocycles. The number of aliphatic hydroxyl groups excluding tert-OH is 1. The highest BCUT2D eigenvalue weighted by atomic mass is 16.6. The zero-order valence-electron chi connectivity index (χ0n) is 12.1. The summed E-state index contributed by atoms with van der Waals surface area (Å²) in [7, 11) is 0. The smallest absolute Gasteiger partial charge is 0.334 e. The monoisotopic (exact) mass is 294 g/mol. The first-order chi connectivity index (χ1) is 9.85. The van der Waals surface area contributed by atoms with E-state index in [1.54, 1.807) is 19.9 Å². The van der Waals surface area contributed by atoms with Crippen LogP contribution in [0.5, 0.6) is 0 Å². The van der Waals surface area contributed by atoms with Gasteiger partial charge in [-0.1, -0.05) is 6.08 Å². The first kappa shape index (κ1) is 16.8. The molecule has 21 heavy (non-hydrogen) atoms. The van der Waals surface area contributed by atoms with Gasteiger partial charge in [0.05, 0.1) is 0 Å². The topological polar surface area (TPSA) is 89.9 Å². The second kappa shape index (κ2) is 7.54. The first-order valence-corrected chi connectivity index (χ1v) is 6.48. The number of cyclic esters (lactones) is 1. The Morgan fingerprint density at radius 1 is 1.48 bits per heavy atom. The molecule has 6 nitrogen and oxygen atoms in total. The van der Waals surface area contributed by atoms with Crippen LogP contribution in [0.3, 0.4) is 0 Å². The molecule has 0 amide bonds. The average molecular weight is 294 g/mol. The zero-order chi connectivity index (χ0) is 16.0. The lowest BCUT2D eigenvalue weighted by molar-refractivity contribution is -0.157. The molecular formula is C15H18O6. The minimum absolute atomic E-state index is 0.420. The van der Waals surface area contributed by atoms with Crippen LogP contribution < -0.4 is 0 Å². The van der Waals surface area contributed by atoms with Crippen LogP contribution in [0, 0.1) is 0 Å². The van der Waals surface area contributed by atoms with Crippen molar-refractivity contribution < 1.29 is 29.0 Å². The van der Waals surface area contributed by atoms with Gasteiger partial charge < -0.3 is 14.6 Å². The predicted octanol–water partition coefficient (Wildman–Crippen LogP) is 0.852. The second-order valence-electron chi connectivity index (χ2n) is 4.54. The van der Waals surface area contributed by atoms with Gasteiger partial charge in [-0.25, -0.2) is 9.59 Å². The number of aliphatic hydroxyl groups is 1. The van der Waals surface area contributed by atoms with Crippen molar-refractivity contribution in [3.8, 4) is 0 Å². The molecule has 0 saturated carbocycles. The Bertz CT molecular complexity index is 512. The van der Waals surface area contributed by atoms with Gasteiger partial charge in [0.1, 0.15) is 6.10 Å². The second-order valence-corrected chi connectivity index (χ2v) is 4.54. The largest absolute Gasteiger partial charge is 0.451 e. The number of ether oxygens (including phenoxy) is 2. The Morgan fingerprint density at radius 3 is 2.71 bits per heavy atom. The Labute approximate surface area is 122 Å². The number of allylic oxidation sites excluding steroid dienone is 1. The Morgan fingerprint density at radius 2 is 2.14 bits per heavy atom. The molecule has 6 heteroatoms. The molecule has 114 valence electrons. The third kappa shape index (κ3) is 5.00. The zero-order valence-corrected chi connectivity index (χ0v) is 12.1. The quantitative estimate of drug-likeness (QED) is 0.597. The fraction of sp³-hybridized carbons (Fsp3) is 0.400. The third-order valence-corrected chi connectivity index (χ3v) is 2.86. The van der Waals surface area contributed by atoms with E-state index in [9.17, 15) is 14.4 Å². The van der Waals surface area contributed by atoms with Gasteiger partial charge in [-0.15, -0.1) is 0 Å². The van der Waals surface area contributed by atoms with Gasteiger partial charge in [-0.3, -0.25) is 4.79 Å². The van der Waals surface area contributed by atoms with Gasteiger partial charge in [0, 0.05) is 11.6 Å². The van der Waals surface area contributed by atoms with Gasteiger partial charge in [0.2, 0.25) is 0 Å². The molecule has 1 heterocycles. The van der Waals surface area contributed by atoms with Gasteiger partial charge in [0.25, 0.3) is 0 Å². The maximum Gasteiger partial charge on any atom is 0.334 e. The van der Waals surface area contributed by atoms with Crippen LogP contribution in [0.4, 0.5) is 0 Å². The van der Waals surface area contributed by atoms with E-state index < -0.39 is 36.0 Å². The maximum atomic E-state index is 11.7. The summed E-state index contributed by atoms with van der Waals surface area (Å²) in [6, 6.07) is 0. The van der Waals surface area contributed by atoms with Crippen LogP contribution in [0.1, 0.15) is 20.8 Å². The van der Waals surface area contributed by atoms with E-state index in [0.29, 0.717) is 5.57 Å². The lowest BCUT2D eigenvalue weighted by atomic mass is 10.1. The van der Waals surface area contributed by atoms with Crippen LogP contribution in [0.2, 0.25) is 0 Å². The Kier molecular flexibility index (Phi) is 6.05. The molecule has 1 N–H and O–H groups in total. The highest BCUT2D eigenvalue weighted by Gasteiger charge is 2.28. The van der Waals surface area contributed by atoms with Crippen molar-refractivity contribution in [3.63, 3.8) is 0 Å². The number of carbonyl (C=O) groups excluding carboxylic acids is 3. The highest BCUT2D eigenvalue weighted by molar-refractivity contribution is 5.93. The molecule has 0 aromatic rings. The summed E-state index contributed by atoms with van der Waals surface area (Å²) in [5, 5.41) is 9.10. The van der Waals surface area contributed by atoms with E-state index in [1.165, 1.54) is 19.1 Å². The van der Waals surface area contributed by atoms with E-state index in [4.69, 9.17) is 14.6 Å². The summed E-state index contributed by atoms with van der Waals surface area (Å²) >= 11 is 0. The molecule has 0 aromatic heterocycles. The molecule has 1 aliphatic rings. The molecule has 0 aromatic carbocycles. The lowest BCUT2D eigenvalue weighted by Gasteiger charge is -2.25. The molecule has 0 saturated heterocycles. The molecular weight excluding hydrogens is 276 g/mol. The normalized spacial score (nSPS) is 23.8. The summed E-state index contributed by atoms with van der Waals surface area (Å²) in [5.41, 5.74) is 0.420. The highest BCUT2D eigenvalue weighted by Crippen LogP contribution is 2.15. The Hall–Kier alpha value is -2.21. The number of ketones is 1. The fourth-order valence-electron chi connectivity index (χ4n) is 1.44. The van der Waals surface area contributed by atoms with Crippen molar-refractivity contribution in [3.05, 3.63) is 36.0 Å². The van der Waals surface area contributed by atoms with Crippen molar-refractivity contribution in [2.75, 3.05) is 0 Å². The fourth-order valence-corrected chi connectivity index (χ4v) is 1.44. The number of rotatable bonds is 5. The van der Waals surface area contributed by atoms with Crippen LogP contribution in [-0.2, 0) is 23.9 Å². The molecule has 0 fully saturated rings. The van der Waals surface area contributed by atoms with Crippen LogP contribution >= 0.6 is 0 Å². The minimum Gasteiger partial charge on any atom is -0.451 e. The minimum atomic E-state index is -1.15. The van der Waals surface area contributed by atoms with Crippen LogP contribution in [0.25, 0.3) is 0 Å². The molecule has 0 bridgehead atoms. The molecule has 0 radical (unpaired) electrons. The molecule has 0 unspecified atom stereocenters. The Balaban J connectivity index is 2.83. The predicted molar refractivity (Wildman–Crippen MR) is 74.2 cm³/mol. The van der Waals surface area contributed by atoms with E-state index >= 15 is 0 Å². The first-order valence-electron chi connectivity index (χ1n) is 6.48. The van der Waals surface area contributed by atoms with Crippen molar-refractivity contribution >= 4 is 17.7 Å². The van der Waals surface area contributed by atoms with Crippen molar-refractivity contribution in [2.24, 2.45) is 0 Å². The number of hydrogen-bond donors (Lipinski definition) is 1. The van der Waals surface area contributed by atoms with Gasteiger partial charge in [0.15, 0.2) is 18.0 Å². The van der Waals surface area contributed by atoms with Crippen LogP contribution in [0.15, 0.2) is 36.0 Å². The van der Waals surface area contributed by atoms with E-state index in [-0.39, 0.29) is 0 Å². The molecule has 1 aliphatic heterocycles.